The third-order valence-electron chi connectivity index (χ3n) is 3.70. The topological polar surface area (TPSA) is 29.9 Å². The van der Waals surface area contributed by atoms with Crippen LogP contribution in [-0.2, 0) is 13.0 Å². The number of aromatic nitrogens is 2. The van der Waals surface area contributed by atoms with Gasteiger partial charge in [0.15, 0.2) is 0 Å². The first-order valence-electron chi connectivity index (χ1n) is 7.40. The molecule has 1 atom stereocenters. The smallest absolute Gasteiger partial charge is 0.0847 e. The van der Waals surface area contributed by atoms with Crippen molar-refractivity contribution in [1.29, 1.82) is 0 Å². The lowest BCUT2D eigenvalue weighted by molar-refractivity contribution is 0.270. The molecule has 1 aromatic heterocycles. The van der Waals surface area contributed by atoms with E-state index in [4.69, 9.17) is 11.6 Å². The summed E-state index contributed by atoms with van der Waals surface area (Å²) in [6.07, 6.45) is 3.38. The van der Waals surface area contributed by atoms with Crippen LogP contribution in [0.2, 0.25) is 5.02 Å². The van der Waals surface area contributed by atoms with E-state index in [1.54, 1.807) is 0 Å². The van der Waals surface area contributed by atoms with Gasteiger partial charge in [0.2, 0.25) is 0 Å². The maximum absolute atomic E-state index is 6.43. The maximum atomic E-state index is 6.43. The Morgan fingerprint density at radius 1 is 1.32 bits per heavy atom. The molecule has 0 aromatic carbocycles. The average Bonchev–Trinajstić information content (AvgIpc) is 2.64. The standard InChI is InChI=1S/C15H28ClN3/c1-6-9-15(5,11-17-7-2)10-13-14(16)12(4)18-19(13)8-3/h17H,6-11H2,1-5H3. The highest BCUT2D eigenvalue weighted by Gasteiger charge is 2.27. The lowest BCUT2D eigenvalue weighted by Gasteiger charge is -2.30. The van der Waals surface area contributed by atoms with Crippen molar-refractivity contribution in [2.24, 2.45) is 5.41 Å². The second kappa shape index (κ2) is 7.30. The van der Waals surface area contributed by atoms with Crippen molar-refractivity contribution >= 4 is 11.6 Å². The number of nitrogens with one attached hydrogen (secondary N) is 1. The van der Waals surface area contributed by atoms with Gasteiger partial charge in [0.05, 0.1) is 16.4 Å². The van der Waals surface area contributed by atoms with Crippen molar-refractivity contribution in [2.75, 3.05) is 13.1 Å². The van der Waals surface area contributed by atoms with E-state index in [2.05, 4.69) is 42.8 Å². The van der Waals surface area contributed by atoms with Gasteiger partial charge >= 0.3 is 0 Å². The molecule has 1 N–H and O–H groups in total. The molecule has 0 aliphatic carbocycles. The number of hydrogen-bond acceptors (Lipinski definition) is 2. The first kappa shape index (κ1) is 16.5. The van der Waals surface area contributed by atoms with Crippen LogP contribution in [0, 0.1) is 12.3 Å². The molecule has 0 saturated heterocycles. The Morgan fingerprint density at radius 3 is 2.53 bits per heavy atom. The molecule has 110 valence electrons. The van der Waals surface area contributed by atoms with Gasteiger partial charge in [0.1, 0.15) is 0 Å². The second-order valence-electron chi connectivity index (χ2n) is 5.68. The summed E-state index contributed by atoms with van der Waals surface area (Å²) in [4.78, 5) is 0. The first-order chi connectivity index (χ1) is 8.97. The SMILES string of the molecule is CCCC(C)(CNCC)Cc1c(Cl)c(C)nn1CC. The minimum Gasteiger partial charge on any atom is -0.316 e. The summed E-state index contributed by atoms with van der Waals surface area (Å²) in [5.74, 6) is 0. The lowest BCUT2D eigenvalue weighted by atomic mass is 9.81. The molecule has 4 heteroatoms. The molecule has 0 amide bonds. The van der Waals surface area contributed by atoms with Crippen molar-refractivity contribution < 1.29 is 0 Å². The fourth-order valence-electron chi connectivity index (χ4n) is 2.71. The molecule has 0 aliphatic rings. The first-order valence-corrected chi connectivity index (χ1v) is 7.77. The van der Waals surface area contributed by atoms with Crippen molar-refractivity contribution in [3.05, 3.63) is 16.4 Å². The van der Waals surface area contributed by atoms with Gasteiger partial charge in [0.25, 0.3) is 0 Å². The van der Waals surface area contributed by atoms with Crippen LogP contribution in [0.25, 0.3) is 0 Å². The summed E-state index contributed by atoms with van der Waals surface area (Å²) in [5.41, 5.74) is 2.38. The van der Waals surface area contributed by atoms with Crippen molar-refractivity contribution in [3.63, 3.8) is 0 Å². The maximum Gasteiger partial charge on any atom is 0.0847 e. The minimum absolute atomic E-state index is 0.244. The predicted molar refractivity (Wildman–Crippen MR) is 82.9 cm³/mol. The number of hydrogen-bond donors (Lipinski definition) is 1. The van der Waals surface area contributed by atoms with Crippen LogP contribution < -0.4 is 5.32 Å². The van der Waals surface area contributed by atoms with Gasteiger partial charge in [-0.05, 0) is 38.6 Å². The molecule has 0 radical (unpaired) electrons. The van der Waals surface area contributed by atoms with Gasteiger partial charge < -0.3 is 5.32 Å². The van der Waals surface area contributed by atoms with E-state index in [0.29, 0.717) is 0 Å². The molecule has 0 spiro atoms. The zero-order valence-electron chi connectivity index (χ0n) is 13.0. The molecule has 19 heavy (non-hydrogen) atoms. The molecule has 1 rings (SSSR count). The van der Waals surface area contributed by atoms with E-state index in [1.165, 1.54) is 18.5 Å². The van der Waals surface area contributed by atoms with Crippen LogP contribution in [0.1, 0.15) is 51.9 Å². The zero-order chi connectivity index (χ0) is 14.5. The Balaban J connectivity index is 2.95. The van der Waals surface area contributed by atoms with Crippen LogP contribution in [0.3, 0.4) is 0 Å². The van der Waals surface area contributed by atoms with Gasteiger partial charge in [-0.15, -0.1) is 0 Å². The molecule has 0 saturated carbocycles. The molecular formula is C15H28ClN3. The highest BCUT2D eigenvalue weighted by atomic mass is 35.5. The molecule has 1 unspecified atom stereocenters. The van der Waals surface area contributed by atoms with Gasteiger partial charge in [0, 0.05) is 13.1 Å². The van der Waals surface area contributed by atoms with Crippen LogP contribution >= 0.6 is 11.6 Å². The zero-order valence-corrected chi connectivity index (χ0v) is 13.8. The summed E-state index contributed by atoms with van der Waals surface area (Å²) in [7, 11) is 0. The van der Waals surface area contributed by atoms with E-state index >= 15 is 0 Å². The average molecular weight is 286 g/mol. The van der Waals surface area contributed by atoms with E-state index in [1.807, 2.05) is 6.92 Å². The van der Waals surface area contributed by atoms with Gasteiger partial charge in [-0.25, -0.2) is 0 Å². The van der Waals surface area contributed by atoms with Crippen LogP contribution in [0.15, 0.2) is 0 Å². The van der Waals surface area contributed by atoms with Crippen molar-refractivity contribution in [1.82, 2.24) is 15.1 Å². The Bertz CT molecular complexity index is 400. The molecular weight excluding hydrogens is 258 g/mol. The highest BCUT2D eigenvalue weighted by molar-refractivity contribution is 6.31. The Morgan fingerprint density at radius 2 is 2.00 bits per heavy atom. The summed E-state index contributed by atoms with van der Waals surface area (Å²) in [5, 5.41) is 8.85. The normalized spacial score (nSPS) is 14.6. The third kappa shape index (κ3) is 4.22. The number of aryl methyl sites for hydroxylation is 2. The summed E-state index contributed by atoms with van der Waals surface area (Å²) in [6.45, 7) is 13.8. The summed E-state index contributed by atoms with van der Waals surface area (Å²) < 4.78 is 2.05. The fourth-order valence-corrected chi connectivity index (χ4v) is 2.91. The number of rotatable bonds is 8. The molecule has 1 aromatic rings. The number of halogens is 1. The van der Waals surface area contributed by atoms with Crippen molar-refractivity contribution in [3.8, 4) is 0 Å². The molecule has 0 bridgehead atoms. The predicted octanol–water partition coefficient (Wildman–Crippen LogP) is 3.82. The van der Waals surface area contributed by atoms with E-state index in [-0.39, 0.29) is 5.41 Å². The third-order valence-corrected chi connectivity index (χ3v) is 4.19. The van der Waals surface area contributed by atoms with E-state index in [0.717, 1.165) is 36.8 Å². The van der Waals surface area contributed by atoms with E-state index in [9.17, 15) is 0 Å². The fraction of sp³-hybridized carbons (Fsp3) is 0.800. The van der Waals surface area contributed by atoms with Gasteiger partial charge in [-0.2, -0.15) is 5.10 Å². The molecule has 0 aliphatic heterocycles. The largest absolute Gasteiger partial charge is 0.316 e. The molecule has 0 fully saturated rings. The Kier molecular flexibility index (Phi) is 6.34. The highest BCUT2D eigenvalue weighted by Crippen LogP contribution is 2.32. The summed E-state index contributed by atoms with van der Waals surface area (Å²) >= 11 is 6.43. The van der Waals surface area contributed by atoms with Crippen LogP contribution in [0.5, 0.6) is 0 Å². The van der Waals surface area contributed by atoms with Crippen LogP contribution in [0.4, 0.5) is 0 Å². The molecule has 3 nitrogen and oxygen atoms in total. The van der Waals surface area contributed by atoms with E-state index < -0.39 is 0 Å². The van der Waals surface area contributed by atoms with Crippen molar-refractivity contribution in [2.45, 2.75) is 60.4 Å². The minimum atomic E-state index is 0.244. The lowest BCUT2D eigenvalue weighted by Crippen LogP contribution is -2.34. The van der Waals surface area contributed by atoms with Gasteiger partial charge in [-0.3, -0.25) is 4.68 Å². The Hall–Kier alpha value is -0.540. The molecule has 1 heterocycles. The number of nitrogens with zero attached hydrogens (tertiary/aromatic N) is 2. The summed E-state index contributed by atoms with van der Waals surface area (Å²) in [6, 6.07) is 0. The monoisotopic (exact) mass is 285 g/mol. The Labute approximate surface area is 122 Å². The second-order valence-corrected chi connectivity index (χ2v) is 6.06. The quantitative estimate of drug-likeness (QED) is 0.787. The van der Waals surface area contributed by atoms with Gasteiger partial charge in [-0.1, -0.05) is 38.8 Å². The van der Waals surface area contributed by atoms with Crippen LogP contribution in [-0.4, -0.2) is 22.9 Å².